The highest BCUT2D eigenvalue weighted by Crippen LogP contribution is 2.55. The van der Waals surface area contributed by atoms with Gasteiger partial charge in [-0.3, -0.25) is 0 Å². The number of hydrogen-bond acceptors (Lipinski definition) is 0. The lowest BCUT2D eigenvalue weighted by Crippen LogP contribution is -2.15. The lowest BCUT2D eigenvalue weighted by atomic mass is 9.80. The normalized spacial score (nSPS) is 14.6. The minimum atomic E-state index is -0.0794. The first-order chi connectivity index (χ1) is 20.2. The highest BCUT2D eigenvalue weighted by atomic mass is 14.9. The van der Waals surface area contributed by atoms with Gasteiger partial charge in [0.15, 0.2) is 0 Å². The van der Waals surface area contributed by atoms with E-state index in [2.05, 4.69) is 137 Å². The zero-order valence-electron chi connectivity index (χ0n) is 25.3. The average molecular weight is 542 g/mol. The monoisotopic (exact) mass is 541 g/mol. The smallest absolute Gasteiger partial charge is 0.0624 e. The Balaban J connectivity index is 1.53. The van der Waals surface area contributed by atoms with Gasteiger partial charge in [0.05, 0.1) is 16.6 Å². The van der Waals surface area contributed by atoms with Crippen molar-refractivity contribution in [1.82, 2.24) is 4.40 Å². The summed E-state index contributed by atoms with van der Waals surface area (Å²) in [6.07, 6.45) is 0. The van der Waals surface area contributed by atoms with Crippen LogP contribution in [0, 0.1) is 0 Å². The van der Waals surface area contributed by atoms with E-state index in [9.17, 15) is 0 Å². The standard InChI is InChI=1S/C41H35N/c1-22(2)24-11-13-26-19-36-31(17-28(26)15-24)33-21-32-30-9-7-8-10-35(30)41(5,6)39(32)38-34-18-29-16-25(23(3)4)12-14-27(29)20-37(34)42(36)40(33)38/h7-23H,1-6H3. The second-order valence-electron chi connectivity index (χ2n) is 13.8. The summed E-state index contributed by atoms with van der Waals surface area (Å²) < 4.78 is 2.58. The summed E-state index contributed by atoms with van der Waals surface area (Å²) in [7, 11) is 0. The summed E-state index contributed by atoms with van der Waals surface area (Å²) in [4.78, 5) is 0. The third kappa shape index (κ3) is 2.94. The maximum absolute atomic E-state index is 2.58. The molecule has 1 nitrogen and oxygen atoms in total. The van der Waals surface area contributed by atoms with Gasteiger partial charge in [0.1, 0.15) is 0 Å². The van der Waals surface area contributed by atoms with Gasteiger partial charge in [0.2, 0.25) is 0 Å². The Morgan fingerprint density at radius 2 is 1.14 bits per heavy atom. The van der Waals surface area contributed by atoms with Gasteiger partial charge in [-0.2, -0.15) is 0 Å². The van der Waals surface area contributed by atoms with Crippen LogP contribution in [-0.2, 0) is 5.41 Å². The van der Waals surface area contributed by atoms with Crippen LogP contribution < -0.4 is 0 Å². The predicted octanol–water partition coefficient (Wildman–Crippen LogP) is 11.7. The fraction of sp³-hybridized carbons (Fsp3) is 0.220. The molecular formula is C41H35N. The van der Waals surface area contributed by atoms with Crippen molar-refractivity contribution in [3.05, 3.63) is 113 Å². The highest BCUT2D eigenvalue weighted by Gasteiger charge is 2.39. The molecule has 0 radical (unpaired) electrons. The van der Waals surface area contributed by atoms with Gasteiger partial charge < -0.3 is 4.40 Å². The highest BCUT2D eigenvalue weighted by molar-refractivity contribution is 6.28. The molecule has 9 rings (SSSR count). The molecule has 0 spiro atoms. The summed E-state index contributed by atoms with van der Waals surface area (Å²) in [5.74, 6) is 1.02. The van der Waals surface area contributed by atoms with Crippen LogP contribution >= 0.6 is 0 Å². The van der Waals surface area contributed by atoms with Crippen molar-refractivity contribution in [3.8, 4) is 11.1 Å². The van der Waals surface area contributed by atoms with E-state index in [0.717, 1.165) is 0 Å². The van der Waals surface area contributed by atoms with Crippen LogP contribution in [0.4, 0.5) is 0 Å². The lowest BCUT2D eigenvalue weighted by Gasteiger charge is -2.22. The number of aromatic nitrogens is 1. The van der Waals surface area contributed by atoms with Gasteiger partial charge >= 0.3 is 0 Å². The molecule has 0 bridgehead atoms. The molecular weight excluding hydrogens is 506 g/mol. The van der Waals surface area contributed by atoms with Crippen LogP contribution in [0.1, 0.15) is 75.6 Å². The molecule has 6 aromatic carbocycles. The molecule has 2 heterocycles. The molecule has 42 heavy (non-hydrogen) atoms. The van der Waals surface area contributed by atoms with E-state index in [0.29, 0.717) is 11.8 Å². The second-order valence-corrected chi connectivity index (χ2v) is 13.8. The minimum absolute atomic E-state index is 0.0794. The van der Waals surface area contributed by atoms with Gasteiger partial charge in [-0.15, -0.1) is 0 Å². The molecule has 0 saturated carbocycles. The van der Waals surface area contributed by atoms with Gasteiger partial charge in [-0.25, -0.2) is 0 Å². The first-order valence-corrected chi connectivity index (χ1v) is 15.5. The van der Waals surface area contributed by atoms with Gasteiger partial charge in [0, 0.05) is 27.0 Å². The van der Waals surface area contributed by atoms with Crippen LogP contribution in [0.25, 0.3) is 70.8 Å². The molecule has 0 fully saturated rings. The quantitative estimate of drug-likeness (QED) is 0.205. The van der Waals surface area contributed by atoms with Crippen molar-refractivity contribution in [2.24, 2.45) is 0 Å². The Bertz CT molecular complexity index is 2430. The lowest BCUT2D eigenvalue weighted by molar-refractivity contribution is 0.667. The van der Waals surface area contributed by atoms with Crippen LogP contribution in [-0.4, -0.2) is 4.40 Å². The van der Waals surface area contributed by atoms with Gasteiger partial charge in [-0.1, -0.05) is 102 Å². The summed E-state index contributed by atoms with van der Waals surface area (Å²) in [5, 5.41) is 10.8. The second kappa shape index (κ2) is 7.92. The summed E-state index contributed by atoms with van der Waals surface area (Å²) in [5.41, 5.74) is 12.4. The van der Waals surface area contributed by atoms with Gasteiger partial charge in [0.25, 0.3) is 0 Å². The summed E-state index contributed by atoms with van der Waals surface area (Å²) >= 11 is 0. The largest absolute Gasteiger partial charge is 0.308 e. The topological polar surface area (TPSA) is 4.41 Å². The van der Waals surface area contributed by atoms with Crippen molar-refractivity contribution in [1.29, 1.82) is 0 Å². The van der Waals surface area contributed by atoms with Crippen LogP contribution in [0.5, 0.6) is 0 Å². The first-order valence-electron chi connectivity index (χ1n) is 15.5. The van der Waals surface area contributed by atoms with Crippen LogP contribution in [0.3, 0.4) is 0 Å². The number of hydrogen-bond donors (Lipinski definition) is 0. The van der Waals surface area contributed by atoms with Crippen molar-refractivity contribution in [2.75, 3.05) is 0 Å². The maximum Gasteiger partial charge on any atom is 0.0624 e. The van der Waals surface area contributed by atoms with Crippen molar-refractivity contribution in [2.45, 2.75) is 58.8 Å². The molecule has 0 atom stereocenters. The van der Waals surface area contributed by atoms with Crippen LogP contribution in [0.15, 0.2) is 91.0 Å². The van der Waals surface area contributed by atoms with E-state index in [4.69, 9.17) is 0 Å². The summed E-state index contributed by atoms with van der Waals surface area (Å²) in [6, 6.07) is 35.5. The zero-order valence-corrected chi connectivity index (χ0v) is 25.3. The molecule has 2 aromatic heterocycles. The van der Waals surface area contributed by atoms with E-state index >= 15 is 0 Å². The number of fused-ring (bicyclic) bond motifs is 12. The Kier molecular flexibility index (Phi) is 4.58. The average Bonchev–Trinajstić information content (AvgIpc) is 3.55. The van der Waals surface area contributed by atoms with Crippen LogP contribution in [0.2, 0.25) is 0 Å². The molecule has 0 aliphatic heterocycles. The number of rotatable bonds is 2. The van der Waals surface area contributed by atoms with E-state index in [1.54, 1.807) is 0 Å². The Hall–Kier alpha value is -4.36. The van der Waals surface area contributed by atoms with Gasteiger partial charge in [-0.05, 0) is 97.1 Å². The van der Waals surface area contributed by atoms with E-state index < -0.39 is 0 Å². The SMILES string of the molecule is CC(C)c1ccc2cc3c(cc2c1)c1cc2c(c4c5cc6cc(C(C)C)ccc6cc5n3c14)C(C)(C)c1ccccc1-2. The van der Waals surface area contributed by atoms with E-state index in [-0.39, 0.29) is 5.41 Å². The molecule has 0 unspecified atom stereocenters. The fourth-order valence-corrected chi connectivity index (χ4v) is 8.11. The molecule has 1 aliphatic rings. The predicted molar refractivity (Wildman–Crippen MR) is 182 cm³/mol. The van der Waals surface area contributed by atoms with E-state index in [1.807, 2.05) is 0 Å². The molecule has 0 N–H and O–H groups in total. The Morgan fingerprint density at radius 3 is 1.79 bits per heavy atom. The third-order valence-electron chi connectivity index (χ3n) is 10.4. The molecule has 8 aromatic rings. The third-order valence-corrected chi connectivity index (χ3v) is 10.4. The molecule has 204 valence electrons. The Labute approximate surface area is 246 Å². The van der Waals surface area contributed by atoms with Crippen molar-refractivity contribution in [3.63, 3.8) is 0 Å². The molecule has 0 saturated heterocycles. The molecule has 1 aliphatic carbocycles. The Morgan fingerprint density at radius 1 is 0.548 bits per heavy atom. The first kappa shape index (κ1) is 24.3. The summed E-state index contributed by atoms with van der Waals surface area (Å²) in [6.45, 7) is 14.0. The number of nitrogens with zero attached hydrogens (tertiary/aromatic N) is 1. The zero-order chi connectivity index (χ0) is 28.7. The molecule has 0 amide bonds. The van der Waals surface area contributed by atoms with Crippen molar-refractivity contribution < 1.29 is 0 Å². The molecule has 1 heteroatoms. The van der Waals surface area contributed by atoms with E-state index in [1.165, 1.54) is 93.0 Å². The minimum Gasteiger partial charge on any atom is -0.308 e. The van der Waals surface area contributed by atoms with Crippen molar-refractivity contribution >= 4 is 59.6 Å². The fourth-order valence-electron chi connectivity index (χ4n) is 8.11. The maximum atomic E-state index is 2.58. The number of benzene rings is 6.